The lowest BCUT2D eigenvalue weighted by Gasteiger charge is -2.32. The van der Waals surface area contributed by atoms with Crippen LogP contribution < -0.4 is 10.1 Å². The lowest BCUT2D eigenvalue weighted by atomic mass is 9.91. The zero-order valence-corrected chi connectivity index (χ0v) is 14.1. The molecule has 2 saturated carbocycles. The molecule has 1 aromatic carbocycles. The molecule has 126 valence electrons. The van der Waals surface area contributed by atoms with Gasteiger partial charge >= 0.3 is 0 Å². The molecule has 4 nitrogen and oxygen atoms in total. The molecular formula is C18H19FN2O2S. The van der Waals surface area contributed by atoms with Crippen molar-refractivity contribution in [2.24, 2.45) is 16.8 Å². The number of carbonyl (C=O) groups excluding carboxylic acids is 1. The molecule has 4 aliphatic rings. The fourth-order valence-corrected chi connectivity index (χ4v) is 6.02. The maximum atomic E-state index is 13.8. The van der Waals surface area contributed by atoms with Crippen molar-refractivity contribution in [3.05, 3.63) is 29.6 Å². The summed E-state index contributed by atoms with van der Waals surface area (Å²) in [5.74, 6) is 1.61. The summed E-state index contributed by atoms with van der Waals surface area (Å²) < 4.78 is 18.6. The second kappa shape index (κ2) is 5.22. The van der Waals surface area contributed by atoms with Gasteiger partial charge in [-0.05, 0) is 49.3 Å². The van der Waals surface area contributed by atoms with Crippen LogP contribution in [0, 0.1) is 17.7 Å². The molecule has 1 spiro atoms. The number of carbonyl (C=O) groups is 1. The summed E-state index contributed by atoms with van der Waals surface area (Å²) in [5, 5.41) is 4.22. The van der Waals surface area contributed by atoms with E-state index in [1.54, 1.807) is 6.07 Å². The fourth-order valence-electron chi connectivity index (χ4n) is 4.77. The van der Waals surface area contributed by atoms with Crippen molar-refractivity contribution in [1.29, 1.82) is 0 Å². The Balaban J connectivity index is 1.42. The van der Waals surface area contributed by atoms with Gasteiger partial charge in [-0.2, -0.15) is 4.99 Å². The Morgan fingerprint density at radius 1 is 1.33 bits per heavy atom. The van der Waals surface area contributed by atoms with E-state index in [4.69, 9.17) is 4.74 Å². The number of amidine groups is 1. The van der Waals surface area contributed by atoms with E-state index in [1.807, 2.05) is 0 Å². The molecule has 0 aromatic heterocycles. The van der Waals surface area contributed by atoms with Crippen LogP contribution in [0.25, 0.3) is 0 Å². The Morgan fingerprint density at radius 2 is 2.25 bits per heavy atom. The van der Waals surface area contributed by atoms with Gasteiger partial charge in [0.15, 0.2) is 5.17 Å². The van der Waals surface area contributed by atoms with E-state index in [9.17, 15) is 9.18 Å². The molecule has 1 amide bonds. The number of fused-ring (bicyclic) bond motifs is 4. The molecule has 1 aromatic rings. The Kier molecular flexibility index (Phi) is 3.21. The van der Waals surface area contributed by atoms with Crippen LogP contribution in [0.1, 0.15) is 37.7 Å². The average molecular weight is 346 g/mol. The Labute approximate surface area is 144 Å². The smallest absolute Gasteiger partial charge is 0.269 e. The second-order valence-corrected chi connectivity index (χ2v) is 8.60. The average Bonchev–Trinajstić information content (AvgIpc) is 3.25. The van der Waals surface area contributed by atoms with Crippen molar-refractivity contribution in [3.63, 3.8) is 0 Å². The maximum Gasteiger partial charge on any atom is 0.269 e. The Morgan fingerprint density at radius 3 is 3.04 bits per heavy atom. The molecule has 5 rings (SSSR count). The van der Waals surface area contributed by atoms with Crippen molar-refractivity contribution in [3.8, 4) is 5.75 Å². The summed E-state index contributed by atoms with van der Waals surface area (Å²) in [4.78, 5) is 17.0. The molecule has 0 saturated heterocycles. The van der Waals surface area contributed by atoms with Crippen molar-refractivity contribution in [2.75, 3.05) is 6.61 Å². The number of rotatable bonds is 1. The minimum atomic E-state index is -0.824. The molecule has 2 aliphatic carbocycles. The van der Waals surface area contributed by atoms with Crippen molar-refractivity contribution in [2.45, 2.75) is 42.9 Å². The summed E-state index contributed by atoms with van der Waals surface area (Å²) >= 11 is 1.45. The largest absolute Gasteiger partial charge is 0.493 e. The number of hydrogen-bond acceptors (Lipinski definition) is 4. The number of aliphatic imine (C=N–C) groups is 1. The van der Waals surface area contributed by atoms with Gasteiger partial charge < -0.3 is 10.1 Å². The SMILES string of the molecule is O=C1N=C(N[C@H]2C[C@@H]3CC[C@H]2C3)SC12CCOc1ccc(F)cc12. The molecule has 2 bridgehead atoms. The van der Waals surface area contributed by atoms with Crippen molar-refractivity contribution < 1.29 is 13.9 Å². The fraction of sp³-hybridized carbons (Fsp3) is 0.556. The normalized spacial score (nSPS) is 36.6. The van der Waals surface area contributed by atoms with E-state index < -0.39 is 4.75 Å². The van der Waals surface area contributed by atoms with Gasteiger partial charge in [-0.15, -0.1) is 0 Å². The minimum Gasteiger partial charge on any atom is -0.493 e. The summed E-state index contributed by atoms with van der Waals surface area (Å²) in [6.07, 6.45) is 5.63. The Hall–Kier alpha value is -1.56. The zero-order valence-electron chi connectivity index (χ0n) is 13.3. The maximum absolute atomic E-state index is 13.8. The number of nitrogens with one attached hydrogen (secondary N) is 1. The summed E-state index contributed by atoms with van der Waals surface area (Å²) in [6, 6.07) is 4.85. The van der Waals surface area contributed by atoms with E-state index in [1.165, 1.54) is 49.6 Å². The zero-order chi connectivity index (χ0) is 16.3. The third-order valence-corrected chi connectivity index (χ3v) is 7.30. The third kappa shape index (κ3) is 2.11. The van der Waals surface area contributed by atoms with E-state index in [0.717, 1.165) is 5.92 Å². The first kappa shape index (κ1) is 14.8. The van der Waals surface area contributed by atoms with E-state index in [2.05, 4.69) is 10.3 Å². The second-order valence-electron chi connectivity index (χ2n) is 7.32. The number of hydrogen-bond donors (Lipinski definition) is 1. The van der Waals surface area contributed by atoms with Gasteiger partial charge in [0, 0.05) is 18.0 Å². The molecule has 2 aliphatic heterocycles. The first-order chi connectivity index (χ1) is 11.6. The third-order valence-electron chi connectivity index (χ3n) is 5.95. The predicted octanol–water partition coefficient (Wildman–Crippen LogP) is 3.21. The van der Waals surface area contributed by atoms with Gasteiger partial charge in [0.25, 0.3) is 5.91 Å². The van der Waals surface area contributed by atoms with Crippen LogP contribution in [-0.4, -0.2) is 23.7 Å². The first-order valence-electron chi connectivity index (χ1n) is 8.65. The number of ether oxygens (including phenoxy) is 1. The van der Waals surface area contributed by atoms with Crippen LogP contribution in [0.5, 0.6) is 5.75 Å². The van der Waals surface area contributed by atoms with Gasteiger partial charge in [0.1, 0.15) is 16.3 Å². The molecule has 4 atom stereocenters. The van der Waals surface area contributed by atoms with E-state index in [0.29, 0.717) is 41.5 Å². The monoisotopic (exact) mass is 346 g/mol. The summed E-state index contributed by atoms with van der Waals surface area (Å²) in [6.45, 7) is 0.453. The highest BCUT2D eigenvalue weighted by Crippen LogP contribution is 2.52. The van der Waals surface area contributed by atoms with Crippen LogP contribution in [0.2, 0.25) is 0 Å². The van der Waals surface area contributed by atoms with Crippen LogP contribution in [0.3, 0.4) is 0 Å². The van der Waals surface area contributed by atoms with Crippen LogP contribution in [0.15, 0.2) is 23.2 Å². The number of nitrogens with zero attached hydrogens (tertiary/aromatic N) is 1. The van der Waals surface area contributed by atoms with Crippen LogP contribution in [-0.2, 0) is 9.54 Å². The van der Waals surface area contributed by atoms with Crippen LogP contribution in [0.4, 0.5) is 4.39 Å². The lowest BCUT2D eigenvalue weighted by molar-refractivity contribution is -0.120. The topological polar surface area (TPSA) is 50.7 Å². The predicted molar refractivity (Wildman–Crippen MR) is 90.6 cm³/mol. The highest BCUT2D eigenvalue weighted by molar-refractivity contribution is 8.15. The quantitative estimate of drug-likeness (QED) is 0.848. The van der Waals surface area contributed by atoms with Gasteiger partial charge in [0.2, 0.25) is 0 Å². The number of thioether (sulfide) groups is 1. The first-order valence-corrected chi connectivity index (χ1v) is 9.47. The molecular weight excluding hydrogens is 327 g/mol. The number of halogens is 1. The van der Waals surface area contributed by atoms with E-state index in [-0.39, 0.29) is 11.7 Å². The molecule has 6 heteroatoms. The molecule has 0 radical (unpaired) electrons. The molecule has 2 fully saturated rings. The highest BCUT2D eigenvalue weighted by atomic mass is 32.2. The molecule has 24 heavy (non-hydrogen) atoms. The lowest BCUT2D eigenvalue weighted by Crippen LogP contribution is -2.38. The van der Waals surface area contributed by atoms with Gasteiger partial charge in [0.05, 0.1) is 6.61 Å². The standard InChI is InChI=1S/C18H19FN2O2S/c19-12-3-4-15-13(9-12)18(5-6-23-15)16(22)21-17(24-18)20-14-8-10-1-2-11(14)7-10/h3-4,9-11,14H,1-2,5-8H2,(H,20,21,22)/t10-,11+,14+,18?/m1/s1. The van der Waals surface area contributed by atoms with Gasteiger partial charge in [-0.25, -0.2) is 4.39 Å². The van der Waals surface area contributed by atoms with Gasteiger partial charge in [-0.3, -0.25) is 4.79 Å². The molecule has 2 heterocycles. The number of amides is 1. The molecule has 1 N–H and O–H groups in total. The van der Waals surface area contributed by atoms with Gasteiger partial charge in [-0.1, -0.05) is 18.2 Å². The number of benzene rings is 1. The van der Waals surface area contributed by atoms with Crippen molar-refractivity contribution in [1.82, 2.24) is 5.32 Å². The summed E-state index contributed by atoms with van der Waals surface area (Å²) in [5.41, 5.74) is 0.622. The summed E-state index contributed by atoms with van der Waals surface area (Å²) in [7, 11) is 0. The van der Waals surface area contributed by atoms with Crippen LogP contribution >= 0.6 is 11.8 Å². The van der Waals surface area contributed by atoms with E-state index >= 15 is 0 Å². The molecule has 1 unspecified atom stereocenters. The highest BCUT2D eigenvalue weighted by Gasteiger charge is 2.51. The van der Waals surface area contributed by atoms with Crippen molar-refractivity contribution >= 4 is 22.8 Å². The Bertz CT molecular complexity index is 753. The minimum absolute atomic E-state index is 0.187.